The zero-order valence-electron chi connectivity index (χ0n) is 21.5. The first-order chi connectivity index (χ1) is 18.1. The van der Waals surface area contributed by atoms with Crippen molar-refractivity contribution < 1.29 is 19.1 Å². The molecule has 3 aromatic rings. The van der Waals surface area contributed by atoms with Gasteiger partial charge in [-0.25, -0.2) is 0 Å². The number of rotatable bonds is 10. The Hall–Kier alpha value is -3.84. The second kappa shape index (κ2) is 12.9. The highest BCUT2D eigenvalue weighted by Gasteiger charge is 2.22. The summed E-state index contributed by atoms with van der Waals surface area (Å²) >= 11 is 0. The summed E-state index contributed by atoms with van der Waals surface area (Å²) in [6, 6.07) is 13.8. The fourth-order valence-electron chi connectivity index (χ4n) is 4.67. The van der Waals surface area contributed by atoms with Crippen molar-refractivity contribution in [3.8, 4) is 11.5 Å². The van der Waals surface area contributed by atoms with E-state index in [2.05, 4.69) is 45.7 Å². The number of hydrogen-bond donors (Lipinski definition) is 2. The maximum Gasteiger partial charge on any atom is 0.311 e. The van der Waals surface area contributed by atoms with Crippen LogP contribution >= 0.6 is 0 Å². The molecule has 1 aliphatic heterocycles. The number of amides is 1. The van der Waals surface area contributed by atoms with Crippen molar-refractivity contribution in [1.82, 2.24) is 15.2 Å². The van der Waals surface area contributed by atoms with Gasteiger partial charge in [-0.2, -0.15) is 0 Å². The number of allylic oxidation sites excluding steroid dienone is 2. The number of H-pyrrole nitrogens is 1. The molecule has 1 fully saturated rings. The lowest BCUT2D eigenvalue weighted by molar-refractivity contribution is -0.134. The van der Waals surface area contributed by atoms with Crippen LogP contribution in [0.4, 0.5) is 0 Å². The number of carbonyl (C=O) groups is 2. The molecule has 0 atom stereocenters. The molecule has 1 aromatic heterocycles. The molecule has 37 heavy (non-hydrogen) atoms. The summed E-state index contributed by atoms with van der Waals surface area (Å²) in [7, 11) is 1.53. The molecule has 0 bridgehead atoms. The van der Waals surface area contributed by atoms with E-state index in [0.29, 0.717) is 30.4 Å². The minimum atomic E-state index is -0.314. The van der Waals surface area contributed by atoms with Crippen molar-refractivity contribution in [3.63, 3.8) is 0 Å². The summed E-state index contributed by atoms with van der Waals surface area (Å²) in [6.07, 6.45) is 11.6. The topological polar surface area (TPSA) is 83.7 Å². The van der Waals surface area contributed by atoms with Gasteiger partial charge in [0, 0.05) is 42.7 Å². The number of nitrogens with zero attached hydrogens (tertiary/aromatic N) is 1. The fourth-order valence-corrected chi connectivity index (χ4v) is 4.67. The van der Waals surface area contributed by atoms with E-state index in [1.165, 1.54) is 29.7 Å². The van der Waals surface area contributed by atoms with Gasteiger partial charge >= 0.3 is 5.97 Å². The predicted molar refractivity (Wildman–Crippen MR) is 147 cm³/mol. The van der Waals surface area contributed by atoms with E-state index in [1.807, 2.05) is 12.1 Å². The molecule has 0 aliphatic carbocycles. The van der Waals surface area contributed by atoms with Crippen LogP contribution in [0.5, 0.6) is 11.5 Å². The number of benzene rings is 2. The lowest BCUT2D eigenvalue weighted by Crippen LogP contribution is -2.38. The number of methoxy groups -OCH3 is 1. The summed E-state index contributed by atoms with van der Waals surface area (Å²) < 4.78 is 10.6. The third-order valence-electron chi connectivity index (χ3n) is 6.72. The van der Waals surface area contributed by atoms with Gasteiger partial charge in [-0.1, -0.05) is 49.4 Å². The highest BCUT2D eigenvalue weighted by Crippen LogP contribution is 2.33. The summed E-state index contributed by atoms with van der Waals surface area (Å²) in [5.74, 6) is 1.03. The van der Waals surface area contributed by atoms with Gasteiger partial charge in [-0.15, -0.1) is 0 Å². The molecule has 2 heterocycles. The predicted octanol–water partition coefficient (Wildman–Crippen LogP) is 5.06. The highest BCUT2D eigenvalue weighted by molar-refractivity contribution is 5.88. The second-order valence-corrected chi connectivity index (χ2v) is 9.15. The minimum absolute atomic E-state index is 0.113. The Kier molecular flexibility index (Phi) is 9.16. The van der Waals surface area contributed by atoms with Gasteiger partial charge in [0.05, 0.1) is 7.11 Å². The van der Waals surface area contributed by atoms with Gasteiger partial charge in [-0.05, 0) is 61.2 Å². The first-order valence-electron chi connectivity index (χ1n) is 12.9. The average molecular weight is 502 g/mol. The molecule has 1 aliphatic rings. The van der Waals surface area contributed by atoms with Crippen LogP contribution in [0.25, 0.3) is 17.0 Å². The van der Waals surface area contributed by atoms with Crippen molar-refractivity contribution in [2.75, 3.05) is 33.3 Å². The van der Waals surface area contributed by atoms with Crippen LogP contribution in [0.2, 0.25) is 0 Å². The molecule has 1 amide bonds. The standard InChI is InChI=1S/C30H35N3O4/c1-3-30(35)37-27-13-12-22(20-28(27)36-2)8-4-7-11-29(34)31-16-19-33-17-14-23(15-18-33)25-21-32-26-10-6-5-9-24(25)26/h4-13,20-21,23,32H,3,14-19H2,1-2H3,(H,31,34). The smallest absolute Gasteiger partial charge is 0.311 e. The highest BCUT2D eigenvalue weighted by atomic mass is 16.6. The molecule has 2 N–H and O–H groups in total. The number of ether oxygens (including phenoxy) is 2. The molecule has 194 valence electrons. The van der Waals surface area contributed by atoms with E-state index in [4.69, 9.17) is 9.47 Å². The normalized spacial score (nSPS) is 15.0. The quantitative estimate of drug-likeness (QED) is 0.176. The van der Waals surface area contributed by atoms with Crippen molar-refractivity contribution in [3.05, 3.63) is 78.0 Å². The third kappa shape index (κ3) is 7.11. The number of hydrogen-bond acceptors (Lipinski definition) is 5. The van der Waals surface area contributed by atoms with E-state index in [-0.39, 0.29) is 11.9 Å². The van der Waals surface area contributed by atoms with E-state index in [9.17, 15) is 9.59 Å². The number of para-hydroxylation sites is 1. The molecule has 0 radical (unpaired) electrons. The van der Waals surface area contributed by atoms with Gasteiger partial charge in [0.15, 0.2) is 11.5 Å². The van der Waals surface area contributed by atoms with Crippen LogP contribution in [0.1, 0.15) is 43.2 Å². The number of likely N-dealkylation sites (tertiary alicyclic amines) is 1. The number of nitrogens with one attached hydrogen (secondary N) is 2. The fraction of sp³-hybridized carbons (Fsp3) is 0.333. The number of esters is 1. The Balaban J connectivity index is 1.17. The first kappa shape index (κ1) is 26.2. The number of fused-ring (bicyclic) bond motifs is 1. The third-order valence-corrected chi connectivity index (χ3v) is 6.72. The molecule has 1 saturated heterocycles. The largest absolute Gasteiger partial charge is 0.493 e. The van der Waals surface area contributed by atoms with Crippen molar-refractivity contribution in [2.45, 2.75) is 32.1 Å². The van der Waals surface area contributed by atoms with Crippen LogP contribution in [-0.2, 0) is 9.59 Å². The van der Waals surface area contributed by atoms with Crippen molar-refractivity contribution in [2.24, 2.45) is 0 Å². The molecule has 7 heteroatoms. The Labute approximate surface area is 218 Å². The maximum atomic E-state index is 12.2. The lowest BCUT2D eigenvalue weighted by Gasteiger charge is -2.31. The van der Waals surface area contributed by atoms with Crippen LogP contribution < -0.4 is 14.8 Å². The van der Waals surface area contributed by atoms with E-state index >= 15 is 0 Å². The van der Waals surface area contributed by atoms with Gasteiger partial charge in [0.2, 0.25) is 5.91 Å². The van der Waals surface area contributed by atoms with Crippen LogP contribution in [0, 0.1) is 0 Å². The Morgan fingerprint density at radius 1 is 1.11 bits per heavy atom. The van der Waals surface area contributed by atoms with E-state index < -0.39 is 0 Å². The van der Waals surface area contributed by atoms with Gasteiger partial charge in [0.25, 0.3) is 0 Å². The molecule has 0 spiro atoms. The van der Waals surface area contributed by atoms with Crippen LogP contribution in [0.3, 0.4) is 0 Å². The van der Waals surface area contributed by atoms with Gasteiger partial charge < -0.3 is 24.7 Å². The molecule has 2 aromatic carbocycles. The minimum Gasteiger partial charge on any atom is -0.493 e. The summed E-state index contributed by atoms with van der Waals surface area (Å²) in [4.78, 5) is 29.5. The number of aromatic nitrogens is 1. The molecule has 4 rings (SSSR count). The lowest BCUT2D eigenvalue weighted by atomic mass is 9.89. The Morgan fingerprint density at radius 3 is 2.70 bits per heavy atom. The SMILES string of the molecule is CCC(=O)Oc1ccc(C=CC=CC(=O)NCCN2CCC(c3c[nH]c4ccccc34)CC2)cc1OC. The Morgan fingerprint density at radius 2 is 1.92 bits per heavy atom. The molecular weight excluding hydrogens is 466 g/mol. The second-order valence-electron chi connectivity index (χ2n) is 9.15. The summed E-state index contributed by atoms with van der Waals surface area (Å²) in [5.41, 5.74) is 3.50. The van der Waals surface area contributed by atoms with Gasteiger partial charge in [0.1, 0.15) is 0 Å². The zero-order chi connectivity index (χ0) is 26.0. The molecular formula is C30H35N3O4. The first-order valence-corrected chi connectivity index (χ1v) is 12.9. The average Bonchev–Trinajstić information content (AvgIpc) is 3.36. The number of aromatic amines is 1. The van der Waals surface area contributed by atoms with Crippen molar-refractivity contribution in [1.29, 1.82) is 0 Å². The van der Waals surface area contributed by atoms with Crippen LogP contribution in [-0.4, -0.2) is 55.0 Å². The van der Waals surface area contributed by atoms with Crippen LogP contribution in [0.15, 0.2) is 66.9 Å². The monoisotopic (exact) mass is 501 g/mol. The van der Waals surface area contributed by atoms with E-state index in [0.717, 1.165) is 38.0 Å². The number of carbonyl (C=O) groups excluding carboxylic acids is 2. The summed E-state index contributed by atoms with van der Waals surface area (Å²) in [5, 5.41) is 4.30. The maximum absolute atomic E-state index is 12.2. The number of piperidine rings is 1. The van der Waals surface area contributed by atoms with Crippen molar-refractivity contribution >= 4 is 28.9 Å². The zero-order valence-corrected chi connectivity index (χ0v) is 21.5. The molecule has 0 saturated carbocycles. The molecule has 7 nitrogen and oxygen atoms in total. The molecule has 0 unspecified atom stereocenters. The summed E-state index contributed by atoms with van der Waals surface area (Å²) in [6.45, 7) is 5.30. The Bertz CT molecular complexity index is 1270. The van der Waals surface area contributed by atoms with E-state index in [1.54, 1.807) is 31.2 Å². The van der Waals surface area contributed by atoms with Gasteiger partial charge in [-0.3, -0.25) is 9.59 Å².